The van der Waals surface area contributed by atoms with Crippen LogP contribution < -0.4 is 27.0 Å². The smallest absolute Gasteiger partial charge is 0.320 e. The molecule has 11 aromatic rings. The van der Waals surface area contributed by atoms with Gasteiger partial charge in [-0.2, -0.15) is 0 Å². The molecule has 22 nitrogen and oxygen atoms in total. The summed E-state index contributed by atoms with van der Waals surface area (Å²) in [5, 5.41) is 13.3. The lowest BCUT2D eigenvalue weighted by Gasteiger charge is -2.18. The van der Waals surface area contributed by atoms with Crippen LogP contribution in [0.5, 0.6) is 0 Å². The lowest BCUT2D eigenvalue weighted by molar-refractivity contribution is -0.118. The van der Waals surface area contributed by atoms with Crippen LogP contribution in [-0.4, -0.2) is 118 Å². The van der Waals surface area contributed by atoms with E-state index in [2.05, 4.69) is 21.3 Å². The first-order valence-electron chi connectivity index (χ1n) is 30.3. The van der Waals surface area contributed by atoms with Gasteiger partial charge in [0.25, 0.3) is 23.6 Å². The lowest BCUT2D eigenvalue weighted by atomic mass is 9.97. The number of amides is 9. The Bertz CT molecular complexity index is 4870. The van der Waals surface area contributed by atoms with E-state index in [-0.39, 0.29) is 66.3 Å². The molecule has 0 saturated heterocycles. The molecular weight excluding hydrogens is 1190 g/mol. The second-order valence-corrected chi connectivity index (χ2v) is 22.7. The predicted molar refractivity (Wildman–Crippen MR) is 353 cm³/mol. The van der Waals surface area contributed by atoms with Crippen LogP contribution in [-0.2, 0) is 24.3 Å². The van der Waals surface area contributed by atoms with E-state index in [0.717, 1.165) is 16.5 Å². The summed E-state index contributed by atoms with van der Waals surface area (Å²) < 4.78 is 6.61. The number of para-hydroxylation sites is 4. The first-order valence-corrected chi connectivity index (χ1v) is 30.3. The fraction of sp³-hybridized carbons (Fsp3) is 0.153. The van der Waals surface area contributed by atoms with Crippen LogP contribution in [0.25, 0.3) is 43.6 Å². The number of urea groups is 2. The summed E-state index contributed by atoms with van der Waals surface area (Å²) in [4.78, 5) is 145. The van der Waals surface area contributed by atoms with Crippen LogP contribution >= 0.6 is 0 Å². The lowest BCUT2D eigenvalue weighted by Crippen LogP contribution is -2.51. The van der Waals surface area contributed by atoms with Crippen LogP contribution in [0.4, 0.5) is 21.0 Å². The van der Waals surface area contributed by atoms with E-state index in [4.69, 9.17) is 5.73 Å². The monoisotopic (exact) mass is 1260 g/mol. The Balaban J connectivity index is 0.000000181. The molecule has 2 atom stereocenters. The first-order chi connectivity index (χ1) is 45.4. The molecule has 9 amide bonds. The van der Waals surface area contributed by atoms with E-state index < -0.39 is 35.8 Å². The van der Waals surface area contributed by atoms with Crippen LogP contribution in [0.15, 0.2) is 201 Å². The van der Waals surface area contributed by atoms with Crippen LogP contribution in [0.3, 0.4) is 0 Å². The summed E-state index contributed by atoms with van der Waals surface area (Å²) in [6.45, 7) is 4.06. The molecule has 0 bridgehead atoms. The van der Waals surface area contributed by atoms with Crippen molar-refractivity contribution in [2.75, 3.05) is 23.7 Å². The molecule has 0 aliphatic carbocycles. The minimum Gasteiger partial charge on any atom is -0.367 e. The van der Waals surface area contributed by atoms with Crippen molar-refractivity contribution in [2.24, 2.45) is 5.73 Å². The third-order valence-corrected chi connectivity index (χ3v) is 16.8. The topological polar surface area (TPSA) is 288 Å². The van der Waals surface area contributed by atoms with Gasteiger partial charge in [0, 0.05) is 115 Å². The number of benzene rings is 7. The van der Waals surface area contributed by atoms with Gasteiger partial charge in [-0.25, -0.2) is 9.59 Å². The van der Waals surface area contributed by atoms with Crippen molar-refractivity contribution < 1.29 is 52.7 Å². The summed E-state index contributed by atoms with van der Waals surface area (Å²) in [5.41, 5.74) is 12.2. The normalized spacial score (nSPS) is 13.2. The van der Waals surface area contributed by atoms with E-state index in [0.29, 0.717) is 97.8 Å². The SMILES string of the molecule is CC(=O)n1cc(NC(=O)NC(C(N)=O)C(=O)c2cn(CCCN3C(=O)c4ccccc4C3=O)c3ccccc23)c2ccccc21.CC(=O)n1cc(NC(=O)NC(Cc2ccccc2)C(=O)c2cn(CCCN3C(=O)c4ccccc4C3=O)c3ccccc23)c2ccccc21. The third kappa shape index (κ3) is 12.1. The number of nitrogens with one attached hydrogen (secondary N) is 4. The maximum Gasteiger partial charge on any atom is 0.320 e. The molecule has 2 aliphatic heterocycles. The Morgan fingerprint density at radius 2 is 0.766 bits per heavy atom. The quantitative estimate of drug-likeness (QED) is 0.0288. The number of aromatic nitrogens is 4. The van der Waals surface area contributed by atoms with Gasteiger partial charge in [0.2, 0.25) is 17.7 Å². The van der Waals surface area contributed by atoms with Crippen molar-refractivity contribution in [2.45, 2.75) is 58.3 Å². The Kier molecular flexibility index (Phi) is 17.3. The van der Waals surface area contributed by atoms with E-state index in [1.54, 1.807) is 126 Å². The molecule has 0 fully saturated rings. The van der Waals surface area contributed by atoms with Crippen LogP contribution in [0.2, 0.25) is 0 Å². The predicted octanol–water partition coefficient (Wildman–Crippen LogP) is 10.4. The van der Waals surface area contributed by atoms with E-state index in [9.17, 15) is 52.7 Å². The Morgan fingerprint density at radius 3 is 1.18 bits per heavy atom. The van der Waals surface area contributed by atoms with E-state index >= 15 is 0 Å². The number of hydrogen-bond donors (Lipinski definition) is 5. The van der Waals surface area contributed by atoms with Crippen molar-refractivity contribution >= 4 is 120 Å². The highest BCUT2D eigenvalue weighted by Crippen LogP contribution is 2.31. The van der Waals surface area contributed by atoms with E-state index in [1.165, 1.54) is 39.0 Å². The van der Waals surface area contributed by atoms with Crippen molar-refractivity contribution in [3.8, 4) is 0 Å². The molecule has 0 radical (unpaired) electrons. The van der Waals surface area contributed by atoms with Crippen molar-refractivity contribution in [3.63, 3.8) is 0 Å². The maximum absolute atomic E-state index is 14.4. The summed E-state index contributed by atoms with van der Waals surface area (Å²) in [5.74, 6) is -3.76. The molecule has 4 aromatic heterocycles. The molecule has 7 aromatic carbocycles. The standard InChI is InChI=1S/C39H33N5O5.C33H28N6O6/c1-25(45)44-24-33(30-17-8-10-19-35(30)44)41-39(49)40-32(22-26-12-3-2-4-13-26)36(46)31-23-42(34-18-9-7-14-27(31)34)20-11-21-43-37(47)28-15-5-6-16-29(28)38(43)48;1-19(40)39-18-25(23-12-5-7-14-27(23)39)35-33(45)36-28(30(34)42)29(41)24-17-37(26-13-6-4-9-20(24)26)15-8-16-38-31(43)21-10-2-3-11-22(21)32(38)44/h2-10,12-19,23-24,32H,11,20-22H2,1H3,(H2,40,41,49);2-7,9-14,17-18,28H,8,15-16H2,1H3,(H2,34,42)(H2,35,36,45). The number of carbonyl (C=O) groups is 11. The number of ketones is 2. The molecule has 94 heavy (non-hydrogen) atoms. The number of imide groups is 2. The number of hydrogen-bond acceptors (Lipinski definition) is 11. The minimum absolute atomic E-state index is 0.170. The molecular formula is C72H61N11O11. The number of nitrogens with two attached hydrogens (primary N) is 1. The van der Waals surface area contributed by atoms with Crippen LogP contribution in [0, 0.1) is 0 Å². The number of rotatable bonds is 19. The van der Waals surface area contributed by atoms with Gasteiger partial charge in [0.1, 0.15) is 0 Å². The molecule has 0 saturated carbocycles. The summed E-state index contributed by atoms with van der Waals surface area (Å²) in [6.07, 6.45) is 7.55. The number of primary amides is 1. The van der Waals surface area contributed by atoms with E-state index in [1.807, 2.05) is 77.4 Å². The maximum atomic E-state index is 14.4. The number of anilines is 2. The average Bonchev–Trinajstić information content (AvgIpc) is 1.67. The number of nitrogens with zero attached hydrogens (tertiary/aromatic N) is 6. The molecule has 2 aliphatic rings. The molecule has 470 valence electrons. The fourth-order valence-electron chi connectivity index (χ4n) is 12.3. The highest BCUT2D eigenvalue weighted by Gasteiger charge is 2.37. The van der Waals surface area contributed by atoms with Gasteiger partial charge in [0.05, 0.1) is 50.7 Å². The summed E-state index contributed by atoms with van der Waals surface area (Å²) in [6, 6.07) is 47.8. The largest absolute Gasteiger partial charge is 0.367 e. The van der Waals surface area contributed by atoms with Gasteiger partial charge in [-0.3, -0.25) is 62.1 Å². The molecule has 22 heteroatoms. The fourth-order valence-corrected chi connectivity index (χ4v) is 12.3. The van der Waals surface area contributed by atoms with Gasteiger partial charge in [-0.1, -0.05) is 127 Å². The number of carbonyl (C=O) groups excluding carboxylic acids is 11. The summed E-state index contributed by atoms with van der Waals surface area (Å²) in [7, 11) is 0. The molecule has 6 N–H and O–H groups in total. The third-order valence-electron chi connectivity index (χ3n) is 16.8. The zero-order valence-corrected chi connectivity index (χ0v) is 50.9. The van der Waals surface area contributed by atoms with Crippen molar-refractivity contribution in [3.05, 3.63) is 240 Å². The Morgan fingerprint density at radius 1 is 0.404 bits per heavy atom. The van der Waals surface area contributed by atoms with Gasteiger partial charge in [-0.05, 0) is 66.9 Å². The second kappa shape index (κ2) is 26.2. The number of fused-ring (bicyclic) bond motifs is 6. The molecule has 6 heterocycles. The second-order valence-electron chi connectivity index (χ2n) is 22.7. The molecule has 2 unspecified atom stereocenters. The summed E-state index contributed by atoms with van der Waals surface area (Å²) >= 11 is 0. The Hall–Kier alpha value is -12.3. The number of Topliss-reactive ketones (excluding diaryl/α,β-unsaturated/α-hetero) is 2. The van der Waals surface area contributed by atoms with Gasteiger partial charge < -0.3 is 36.1 Å². The average molecular weight is 1260 g/mol. The van der Waals surface area contributed by atoms with Gasteiger partial charge in [0.15, 0.2) is 17.6 Å². The van der Waals surface area contributed by atoms with Gasteiger partial charge in [-0.15, -0.1) is 0 Å². The first kappa shape index (κ1) is 61.9. The van der Waals surface area contributed by atoms with Gasteiger partial charge >= 0.3 is 12.1 Å². The number of aryl methyl sites for hydroxylation is 2. The van der Waals surface area contributed by atoms with Crippen molar-refractivity contribution in [1.29, 1.82) is 0 Å². The van der Waals surface area contributed by atoms with Crippen LogP contribution in [0.1, 0.15) is 104 Å². The van der Waals surface area contributed by atoms with Crippen molar-refractivity contribution in [1.82, 2.24) is 38.7 Å². The zero-order chi connectivity index (χ0) is 65.9. The zero-order valence-electron chi connectivity index (χ0n) is 50.9. The Labute approximate surface area is 536 Å². The highest BCUT2D eigenvalue weighted by atomic mass is 16.2. The highest BCUT2D eigenvalue weighted by molar-refractivity contribution is 6.23. The minimum atomic E-state index is -1.69. The molecule has 13 rings (SSSR count). The molecule has 0 spiro atoms.